The molecule has 0 aromatic heterocycles. The fraction of sp³-hybridized carbons (Fsp3) is 0.200. The second-order valence-corrected chi connectivity index (χ2v) is 4.72. The molecule has 1 aliphatic rings. The SMILES string of the molecule is CC1=C(C#N)C(c2cccc(N)c2)C(C(=O)O)=C(C)N1. The molecule has 2 rings (SSSR count). The lowest BCUT2D eigenvalue weighted by molar-refractivity contribution is -0.133. The van der Waals surface area contributed by atoms with E-state index in [1.54, 1.807) is 38.1 Å². The monoisotopic (exact) mass is 269 g/mol. The van der Waals surface area contributed by atoms with E-state index < -0.39 is 11.9 Å². The molecular formula is C15H15N3O2. The van der Waals surface area contributed by atoms with Crippen molar-refractivity contribution in [3.8, 4) is 6.07 Å². The van der Waals surface area contributed by atoms with Gasteiger partial charge in [-0.15, -0.1) is 0 Å². The lowest BCUT2D eigenvalue weighted by Gasteiger charge is -2.27. The zero-order valence-corrected chi connectivity index (χ0v) is 11.3. The van der Waals surface area contributed by atoms with Crippen LogP contribution >= 0.6 is 0 Å². The van der Waals surface area contributed by atoms with E-state index in [2.05, 4.69) is 11.4 Å². The highest BCUT2D eigenvalue weighted by Crippen LogP contribution is 2.38. The maximum atomic E-state index is 11.5. The summed E-state index contributed by atoms with van der Waals surface area (Å²) >= 11 is 0. The van der Waals surface area contributed by atoms with Crippen LogP contribution in [0.15, 0.2) is 46.8 Å². The molecule has 0 amide bonds. The van der Waals surface area contributed by atoms with E-state index in [1.165, 1.54) is 0 Å². The van der Waals surface area contributed by atoms with Crippen molar-refractivity contribution in [1.82, 2.24) is 5.32 Å². The number of benzene rings is 1. The number of nitrogens with one attached hydrogen (secondary N) is 1. The van der Waals surface area contributed by atoms with Crippen LogP contribution in [0.5, 0.6) is 0 Å². The van der Waals surface area contributed by atoms with E-state index in [-0.39, 0.29) is 5.57 Å². The Morgan fingerprint density at radius 2 is 2.10 bits per heavy atom. The van der Waals surface area contributed by atoms with Crippen LogP contribution in [0.1, 0.15) is 25.3 Å². The summed E-state index contributed by atoms with van der Waals surface area (Å²) < 4.78 is 0. The molecule has 0 radical (unpaired) electrons. The lowest BCUT2D eigenvalue weighted by Crippen LogP contribution is -2.27. The molecule has 1 aliphatic heterocycles. The molecule has 0 fully saturated rings. The van der Waals surface area contributed by atoms with Gasteiger partial charge >= 0.3 is 5.97 Å². The van der Waals surface area contributed by atoms with E-state index in [9.17, 15) is 15.2 Å². The van der Waals surface area contributed by atoms with Crippen LogP contribution in [-0.2, 0) is 4.79 Å². The Kier molecular flexibility index (Phi) is 3.49. The van der Waals surface area contributed by atoms with Gasteiger partial charge in [0.2, 0.25) is 0 Å². The highest BCUT2D eigenvalue weighted by molar-refractivity contribution is 5.91. The van der Waals surface area contributed by atoms with Crippen molar-refractivity contribution in [3.05, 3.63) is 52.4 Å². The number of carboxylic acids is 1. The minimum Gasteiger partial charge on any atom is -0.478 e. The number of anilines is 1. The quantitative estimate of drug-likeness (QED) is 0.714. The van der Waals surface area contributed by atoms with Gasteiger partial charge in [0.15, 0.2) is 0 Å². The van der Waals surface area contributed by atoms with Gasteiger partial charge in [0.25, 0.3) is 0 Å². The summed E-state index contributed by atoms with van der Waals surface area (Å²) in [4.78, 5) is 11.5. The van der Waals surface area contributed by atoms with Crippen LogP contribution in [-0.4, -0.2) is 11.1 Å². The summed E-state index contributed by atoms with van der Waals surface area (Å²) in [6.07, 6.45) is 0. The summed E-state index contributed by atoms with van der Waals surface area (Å²) in [7, 11) is 0. The van der Waals surface area contributed by atoms with Gasteiger partial charge in [-0.3, -0.25) is 0 Å². The van der Waals surface area contributed by atoms with Crippen LogP contribution < -0.4 is 11.1 Å². The molecule has 0 aliphatic carbocycles. The Labute approximate surface area is 117 Å². The van der Waals surface area contributed by atoms with Gasteiger partial charge in [-0.1, -0.05) is 12.1 Å². The number of carboxylic acid groups (broad SMARTS) is 1. The van der Waals surface area contributed by atoms with Gasteiger partial charge in [-0.2, -0.15) is 5.26 Å². The van der Waals surface area contributed by atoms with Gasteiger partial charge in [0, 0.05) is 17.1 Å². The molecule has 4 N–H and O–H groups in total. The number of dihydropyridines is 1. The Morgan fingerprint density at radius 1 is 1.40 bits per heavy atom. The lowest BCUT2D eigenvalue weighted by atomic mass is 9.81. The summed E-state index contributed by atoms with van der Waals surface area (Å²) in [5.74, 6) is -1.63. The smallest absolute Gasteiger partial charge is 0.334 e. The van der Waals surface area contributed by atoms with Crippen LogP contribution in [0, 0.1) is 11.3 Å². The van der Waals surface area contributed by atoms with Gasteiger partial charge in [0.05, 0.1) is 23.1 Å². The second kappa shape index (κ2) is 5.10. The number of carbonyl (C=O) groups is 1. The summed E-state index contributed by atoms with van der Waals surface area (Å²) in [5.41, 5.74) is 8.80. The van der Waals surface area contributed by atoms with E-state index in [0.717, 1.165) is 0 Å². The summed E-state index contributed by atoms with van der Waals surface area (Å²) in [6, 6.07) is 9.08. The minimum absolute atomic E-state index is 0.178. The molecule has 1 heterocycles. The Bertz CT molecular complexity index is 681. The van der Waals surface area contributed by atoms with E-state index in [4.69, 9.17) is 5.73 Å². The number of allylic oxidation sites excluding steroid dienone is 3. The molecule has 5 heteroatoms. The molecule has 1 atom stereocenters. The average molecular weight is 269 g/mol. The number of hydrogen-bond acceptors (Lipinski definition) is 4. The van der Waals surface area contributed by atoms with Crippen molar-refractivity contribution in [3.63, 3.8) is 0 Å². The maximum absolute atomic E-state index is 11.5. The molecular weight excluding hydrogens is 254 g/mol. The van der Waals surface area contributed by atoms with Gasteiger partial charge in [0.1, 0.15) is 0 Å². The third kappa shape index (κ3) is 2.24. The second-order valence-electron chi connectivity index (χ2n) is 4.72. The molecule has 1 aromatic rings. The topological polar surface area (TPSA) is 99.1 Å². The summed E-state index contributed by atoms with van der Waals surface area (Å²) in [5, 5.41) is 21.8. The fourth-order valence-electron chi connectivity index (χ4n) is 2.50. The predicted octanol–water partition coefficient (Wildman–Crippen LogP) is 2.11. The van der Waals surface area contributed by atoms with Gasteiger partial charge in [-0.25, -0.2) is 4.79 Å². The van der Waals surface area contributed by atoms with Gasteiger partial charge in [-0.05, 0) is 31.5 Å². The molecule has 1 aromatic carbocycles. The number of aliphatic carboxylic acids is 1. The minimum atomic E-state index is -1.04. The van der Waals surface area contributed by atoms with Crippen LogP contribution in [0.3, 0.4) is 0 Å². The number of hydrogen-bond donors (Lipinski definition) is 3. The van der Waals surface area contributed by atoms with Crippen molar-refractivity contribution < 1.29 is 9.90 Å². The number of nitrogens with zero attached hydrogens (tertiary/aromatic N) is 1. The van der Waals surface area contributed by atoms with Crippen molar-refractivity contribution in [2.75, 3.05) is 5.73 Å². The number of nitrogen functional groups attached to an aromatic ring is 1. The normalized spacial score (nSPS) is 18.6. The van der Waals surface area contributed by atoms with Crippen LogP contribution in [0.25, 0.3) is 0 Å². The summed E-state index contributed by atoms with van der Waals surface area (Å²) in [6.45, 7) is 3.46. The van der Waals surface area contributed by atoms with Crippen molar-refractivity contribution >= 4 is 11.7 Å². The van der Waals surface area contributed by atoms with Crippen molar-refractivity contribution in [2.45, 2.75) is 19.8 Å². The number of nitriles is 1. The number of nitrogens with two attached hydrogens (primary N) is 1. The van der Waals surface area contributed by atoms with Crippen molar-refractivity contribution in [2.24, 2.45) is 0 Å². The Hall–Kier alpha value is -2.74. The standard InChI is InChI=1S/C15H15N3O2/c1-8-12(7-16)14(10-4-3-5-11(17)6-10)13(15(19)20)9(2)18-8/h3-6,14,18H,17H2,1-2H3,(H,19,20). The van der Waals surface area contributed by atoms with Crippen LogP contribution in [0.2, 0.25) is 0 Å². The molecule has 0 saturated carbocycles. The molecule has 0 spiro atoms. The molecule has 0 saturated heterocycles. The zero-order valence-electron chi connectivity index (χ0n) is 11.3. The highest BCUT2D eigenvalue weighted by Gasteiger charge is 2.33. The first-order chi connectivity index (χ1) is 9.45. The zero-order chi connectivity index (χ0) is 14.9. The molecule has 102 valence electrons. The first-order valence-corrected chi connectivity index (χ1v) is 6.13. The molecule has 1 unspecified atom stereocenters. The highest BCUT2D eigenvalue weighted by atomic mass is 16.4. The average Bonchev–Trinajstić information content (AvgIpc) is 2.37. The first kappa shape index (κ1) is 13.7. The third-order valence-electron chi connectivity index (χ3n) is 3.36. The first-order valence-electron chi connectivity index (χ1n) is 6.13. The van der Waals surface area contributed by atoms with E-state index >= 15 is 0 Å². The number of rotatable bonds is 2. The Morgan fingerprint density at radius 3 is 2.65 bits per heavy atom. The van der Waals surface area contributed by atoms with Crippen LogP contribution in [0.4, 0.5) is 5.69 Å². The van der Waals surface area contributed by atoms with E-state index in [1.807, 2.05) is 0 Å². The predicted molar refractivity (Wildman–Crippen MR) is 75.4 cm³/mol. The molecule has 0 bridgehead atoms. The molecule has 5 nitrogen and oxygen atoms in total. The molecule has 20 heavy (non-hydrogen) atoms. The fourth-order valence-corrected chi connectivity index (χ4v) is 2.50. The Balaban J connectivity index is 2.67. The maximum Gasteiger partial charge on any atom is 0.334 e. The largest absolute Gasteiger partial charge is 0.478 e. The van der Waals surface area contributed by atoms with E-state index in [0.29, 0.717) is 28.2 Å². The van der Waals surface area contributed by atoms with Crippen molar-refractivity contribution in [1.29, 1.82) is 5.26 Å². The third-order valence-corrected chi connectivity index (χ3v) is 3.36. The van der Waals surface area contributed by atoms with Gasteiger partial charge < -0.3 is 16.2 Å².